The lowest BCUT2D eigenvalue weighted by Crippen LogP contribution is -2.20. The van der Waals surface area contributed by atoms with Crippen molar-refractivity contribution in [2.45, 2.75) is 6.04 Å². The molecule has 0 amide bonds. The molecule has 1 aliphatic heterocycles. The van der Waals surface area contributed by atoms with E-state index in [1.165, 1.54) is 27.4 Å². The lowest BCUT2D eigenvalue weighted by Gasteiger charge is -2.23. The van der Waals surface area contributed by atoms with Gasteiger partial charge in [0.05, 0.1) is 28.1 Å². The fourth-order valence-corrected chi connectivity index (χ4v) is 6.74. The number of rotatable bonds is 4. The van der Waals surface area contributed by atoms with E-state index in [0.29, 0.717) is 0 Å². The maximum atomic E-state index is 4.40. The quantitative estimate of drug-likeness (QED) is 0.232. The highest BCUT2D eigenvalue weighted by Gasteiger charge is 2.17. The number of hydrogen-bond donors (Lipinski definition) is 1. The van der Waals surface area contributed by atoms with Gasteiger partial charge in [0.15, 0.2) is 0 Å². The Bertz CT molecular complexity index is 2320. The average Bonchev–Trinajstić information content (AvgIpc) is 3.62. The summed E-state index contributed by atoms with van der Waals surface area (Å²) in [6.07, 6.45) is 14.2. The first-order chi connectivity index (χ1) is 21.8. The van der Waals surface area contributed by atoms with Gasteiger partial charge in [-0.3, -0.25) is 9.97 Å². The van der Waals surface area contributed by atoms with Gasteiger partial charge in [-0.15, -0.1) is 0 Å². The van der Waals surface area contributed by atoms with E-state index >= 15 is 0 Å². The minimum atomic E-state index is 0.0502. The van der Waals surface area contributed by atoms with Crippen LogP contribution in [0.1, 0.15) is 17.2 Å². The van der Waals surface area contributed by atoms with Crippen molar-refractivity contribution in [2.24, 2.45) is 0 Å². The van der Waals surface area contributed by atoms with Crippen molar-refractivity contribution in [1.82, 2.24) is 24.4 Å². The molecule has 0 saturated heterocycles. The van der Waals surface area contributed by atoms with Gasteiger partial charge >= 0.3 is 0 Å². The first-order valence-electron chi connectivity index (χ1n) is 14.9. The predicted octanol–water partition coefficient (Wildman–Crippen LogP) is 8.91. The third-order valence-electron chi connectivity index (χ3n) is 8.75. The van der Waals surface area contributed by atoms with Crippen LogP contribution >= 0.6 is 0 Å². The summed E-state index contributed by atoms with van der Waals surface area (Å²) >= 11 is 0. The fraction of sp³-hybridized carbons (Fsp3) is 0.0256. The molecule has 1 atom stereocenters. The molecule has 44 heavy (non-hydrogen) atoms. The summed E-state index contributed by atoms with van der Waals surface area (Å²) in [6, 6.07) is 38.9. The molecule has 1 N–H and O–H groups in total. The molecule has 0 saturated carbocycles. The van der Waals surface area contributed by atoms with Crippen LogP contribution in [-0.2, 0) is 0 Å². The molecule has 1 unspecified atom stereocenters. The lowest BCUT2D eigenvalue weighted by atomic mass is 10.0. The molecule has 4 aromatic heterocycles. The Morgan fingerprint density at radius 1 is 0.545 bits per heavy atom. The fourth-order valence-electron chi connectivity index (χ4n) is 6.74. The summed E-state index contributed by atoms with van der Waals surface area (Å²) in [7, 11) is 0. The maximum Gasteiger partial charge on any atom is 0.0702 e. The van der Waals surface area contributed by atoms with Crippen molar-refractivity contribution < 1.29 is 0 Å². The molecule has 208 valence electrons. The lowest BCUT2D eigenvalue weighted by molar-refractivity contribution is 0.763. The third-order valence-corrected chi connectivity index (χ3v) is 8.75. The van der Waals surface area contributed by atoms with Gasteiger partial charge in [0.25, 0.3) is 0 Å². The second kappa shape index (κ2) is 9.82. The Morgan fingerprint density at radius 3 is 1.84 bits per heavy atom. The first-order valence-corrected chi connectivity index (χ1v) is 14.9. The molecule has 9 rings (SSSR count). The van der Waals surface area contributed by atoms with E-state index in [1.807, 2.05) is 24.8 Å². The molecular weight excluding hydrogens is 538 g/mol. The topological polar surface area (TPSA) is 47.7 Å². The largest absolute Gasteiger partial charge is 0.374 e. The Balaban J connectivity index is 1.05. The summed E-state index contributed by atoms with van der Waals surface area (Å²) in [4.78, 5) is 8.79. The maximum absolute atomic E-state index is 4.40. The van der Waals surface area contributed by atoms with Crippen LogP contribution in [0.25, 0.3) is 60.7 Å². The number of hydrogen-bond acceptors (Lipinski definition) is 3. The van der Waals surface area contributed by atoms with Crippen molar-refractivity contribution >= 4 is 49.3 Å². The van der Waals surface area contributed by atoms with Gasteiger partial charge in [-0.2, -0.15) is 0 Å². The number of benzene rings is 4. The first kappa shape index (κ1) is 24.6. The van der Waals surface area contributed by atoms with E-state index in [-0.39, 0.29) is 6.04 Å². The van der Waals surface area contributed by atoms with Crippen LogP contribution in [0.2, 0.25) is 0 Å². The van der Waals surface area contributed by atoms with Crippen LogP contribution in [0.15, 0.2) is 152 Å². The number of para-hydroxylation sites is 2. The molecule has 0 fully saturated rings. The van der Waals surface area contributed by atoms with Gasteiger partial charge in [0.1, 0.15) is 0 Å². The Morgan fingerprint density at radius 2 is 1.16 bits per heavy atom. The van der Waals surface area contributed by atoms with Crippen molar-refractivity contribution in [3.05, 3.63) is 163 Å². The summed E-state index contributed by atoms with van der Waals surface area (Å²) in [5, 5.41) is 8.54. The molecule has 0 radical (unpaired) electrons. The standard InChI is InChI=1S/C39H27N5/c1-3-13-36-30(9-1)32-24-40-21-19-38(32)43(36)28-17-15-26(16-18-28)34-11-6-12-35(42-34)27-7-5-8-29(23-27)44-37-14-4-2-10-31(37)33-25-41-22-20-39(33)44/h1-25,35,42H. The summed E-state index contributed by atoms with van der Waals surface area (Å²) < 4.78 is 4.65. The van der Waals surface area contributed by atoms with Crippen molar-refractivity contribution in [2.75, 3.05) is 0 Å². The van der Waals surface area contributed by atoms with Gasteiger partial charge in [-0.25, -0.2) is 0 Å². The van der Waals surface area contributed by atoms with Crippen LogP contribution in [0.3, 0.4) is 0 Å². The van der Waals surface area contributed by atoms with Crippen molar-refractivity contribution in [3.63, 3.8) is 0 Å². The number of allylic oxidation sites excluding steroid dienone is 2. The highest BCUT2D eigenvalue weighted by Crippen LogP contribution is 2.34. The molecule has 0 bridgehead atoms. The van der Waals surface area contributed by atoms with Gasteiger partial charge < -0.3 is 14.5 Å². The number of nitrogens with one attached hydrogen (secondary N) is 1. The third kappa shape index (κ3) is 3.80. The Labute approximate surface area is 254 Å². The van der Waals surface area contributed by atoms with Crippen molar-refractivity contribution in [3.8, 4) is 11.4 Å². The molecule has 1 aliphatic rings. The molecule has 5 heterocycles. The molecule has 0 aliphatic carbocycles. The summed E-state index contributed by atoms with van der Waals surface area (Å²) in [6.45, 7) is 0. The van der Waals surface area contributed by atoms with E-state index < -0.39 is 0 Å². The van der Waals surface area contributed by atoms with Gasteiger partial charge in [-0.05, 0) is 65.7 Å². The minimum Gasteiger partial charge on any atom is -0.374 e. The van der Waals surface area contributed by atoms with Gasteiger partial charge in [0.2, 0.25) is 0 Å². The van der Waals surface area contributed by atoms with Crippen LogP contribution in [0, 0.1) is 0 Å². The van der Waals surface area contributed by atoms with Crippen molar-refractivity contribution in [1.29, 1.82) is 0 Å². The van der Waals surface area contributed by atoms with Gasteiger partial charge in [-0.1, -0.05) is 72.8 Å². The number of aromatic nitrogens is 4. The second-order valence-corrected chi connectivity index (χ2v) is 11.2. The number of fused-ring (bicyclic) bond motifs is 6. The summed E-state index contributed by atoms with van der Waals surface area (Å²) in [5.74, 6) is 0. The second-order valence-electron chi connectivity index (χ2n) is 11.2. The van der Waals surface area contributed by atoms with Crippen LogP contribution in [0.4, 0.5) is 0 Å². The minimum absolute atomic E-state index is 0.0502. The molecule has 5 nitrogen and oxygen atoms in total. The zero-order chi connectivity index (χ0) is 29.0. The van der Waals surface area contributed by atoms with E-state index in [4.69, 9.17) is 0 Å². The zero-order valence-corrected chi connectivity index (χ0v) is 23.8. The average molecular weight is 566 g/mol. The number of dihydropyridines is 1. The van der Waals surface area contributed by atoms with Crippen LogP contribution in [-0.4, -0.2) is 19.1 Å². The van der Waals surface area contributed by atoms with E-state index in [2.05, 4.69) is 152 Å². The smallest absolute Gasteiger partial charge is 0.0702 e. The zero-order valence-electron chi connectivity index (χ0n) is 23.8. The monoisotopic (exact) mass is 565 g/mol. The molecule has 8 aromatic rings. The van der Waals surface area contributed by atoms with Crippen LogP contribution < -0.4 is 5.32 Å². The highest BCUT2D eigenvalue weighted by atomic mass is 15.0. The highest BCUT2D eigenvalue weighted by molar-refractivity contribution is 6.09. The number of nitrogens with zero attached hydrogens (tertiary/aromatic N) is 4. The molecule has 5 heteroatoms. The van der Waals surface area contributed by atoms with E-state index in [9.17, 15) is 0 Å². The van der Waals surface area contributed by atoms with Gasteiger partial charge in [0, 0.05) is 63.4 Å². The summed E-state index contributed by atoms with van der Waals surface area (Å²) in [5.41, 5.74) is 10.4. The number of pyridine rings is 2. The SMILES string of the molecule is C1=CC(c2cccc(-n3c4ccccc4c4cnccc43)c2)NC(c2ccc(-n3c4ccccc4c4cnccc43)cc2)=C1. The van der Waals surface area contributed by atoms with Crippen LogP contribution in [0.5, 0.6) is 0 Å². The molecule has 0 spiro atoms. The normalized spacial score (nSPS) is 14.8. The Kier molecular flexibility index (Phi) is 5.50. The van der Waals surface area contributed by atoms with E-state index in [1.54, 1.807) is 0 Å². The molecule has 4 aromatic carbocycles. The van der Waals surface area contributed by atoms with E-state index in [0.717, 1.165) is 44.4 Å². The predicted molar refractivity (Wildman–Crippen MR) is 180 cm³/mol. The molecular formula is C39H27N5. The Hall–Kier alpha value is -5.94.